The maximum Gasteiger partial charge on any atom is 0.119 e. The van der Waals surface area contributed by atoms with Crippen molar-refractivity contribution in [1.82, 2.24) is 0 Å². The zero-order valence-electron chi connectivity index (χ0n) is 11.6. The van der Waals surface area contributed by atoms with E-state index in [9.17, 15) is 0 Å². The lowest BCUT2D eigenvalue weighted by atomic mass is 10.1. The van der Waals surface area contributed by atoms with Crippen LogP contribution in [0, 0.1) is 11.8 Å². The highest BCUT2D eigenvalue weighted by Crippen LogP contribution is 2.29. The zero-order valence-corrected chi connectivity index (χ0v) is 11.6. The van der Waals surface area contributed by atoms with Gasteiger partial charge in [0.05, 0.1) is 18.2 Å². The first-order chi connectivity index (χ1) is 9.09. The number of benzene rings is 1. The van der Waals surface area contributed by atoms with Gasteiger partial charge in [0.2, 0.25) is 0 Å². The highest BCUT2D eigenvalue weighted by molar-refractivity contribution is 5.38. The van der Waals surface area contributed by atoms with Crippen LogP contribution in [0.3, 0.4) is 0 Å². The molecular formula is C16H21NO2. The van der Waals surface area contributed by atoms with E-state index in [0.717, 1.165) is 24.2 Å². The molecule has 2 rings (SSSR count). The molecule has 0 spiro atoms. The minimum Gasteiger partial charge on any atom is -0.491 e. The van der Waals surface area contributed by atoms with Gasteiger partial charge in [-0.15, -0.1) is 0 Å². The lowest BCUT2D eigenvalue weighted by Crippen LogP contribution is -2.23. The van der Waals surface area contributed by atoms with Crippen molar-refractivity contribution in [3.63, 3.8) is 0 Å². The van der Waals surface area contributed by atoms with E-state index in [2.05, 4.69) is 25.7 Å². The Morgan fingerprint density at radius 3 is 2.68 bits per heavy atom. The van der Waals surface area contributed by atoms with E-state index in [4.69, 9.17) is 15.2 Å². The highest BCUT2D eigenvalue weighted by Gasteiger charge is 2.31. The maximum absolute atomic E-state index is 5.89. The molecule has 0 bridgehead atoms. The lowest BCUT2D eigenvalue weighted by Gasteiger charge is -2.19. The van der Waals surface area contributed by atoms with Gasteiger partial charge in [-0.05, 0) is 51.0 Å². The molecular weight excluding hydrogens is 238 g/mol. The van der Waals surface area contributed by atoms with Crippen LogP contribution in [-0.2, 0) is 4.74 Å². The monoisotopic (exact) mass is 259 g/mol. The molecule has 3 nitrogen and oxygen atoms in total. The molecule has 102 valence electrons. The Kier molecular flexibility index (Phi) is 4.47. The second kappa shape index (κ2) is 6.10. The van der Waals surface area contributed by atoms with E-state index >= 15 is 0 Å². The Balaban J connectivity index is 1.83. The first-order valence-electron chi connectivity index (χ1n) is 6.69. The number of ether oxygens (including phenoxy) is 2. The van der Waals surface area contributed by atoms with Gasteiger partial charge in [0.15, 0.2) is 0 Å². The second-order valence-corrected chi connectivity index (χ2v) is 5.38. The summed E-state index contributed by atoms with van der Waals surface area (Å²) in [6, 6.07) is 7.75. The van der Waals surface area contributed by atoms with Crippen molar-refractivity contribution in [2.24, 2.45) is 5.73 Å². The van der Waals surface area contributed by atoms with Crippen LogP contribution in [0.25, 0.3) is 0 Å². The van der Waals surface area contributed by atoms with Crippen LogP contribution in [0.15, 0.2) is 24.3 Å². The molecule has 3 heteroatoms. The normalized spacial score (nSPS) is 20.7. The van der Waals surface area contributed by atoms with Crippen molar-refractivity contribution in [3.8, 4) is 17.6 Å². The van der Waals surface area contributed by atoms with Gasteiger partial charge in [-0.1, -0.05) is 11.8 Å². The smallest absolute Gasteiger partial charge is 0.119 e. The van der Waals surface area contributed by atoms with Crippen LogP contribution >= 0.6 is 0 Å². The van der Waals surface area contributed by atoms with Crippen molar-refractivity contribution in [1.29, 1.82) is 0 Å². The SMILES string of the molecule is CC1(C)CCC(COc2ccc(C#CCN)cc2)O1. The topological polar surface area (TPSA) is 44.5 Å². The molecule has 1 atom stereocenters. The largest absolute Gasteiger partial charge is 0.491 e. The molecule has 1 heterocycles. The predicted molar refractivity (Wildman–Crippen MR) is 76.1 cm³/mol. The summed E-state index contributed by atoms with van der Waals surface area (Å²) in [5.41, 5.74) is 6.28. The highest BCUT2D eigenvalue weighted by atomic mass is 16.6. The Bertz CT molecular complexity index is 468. The summed E-state index contributed by atoms with van der Waals surface area (Å²) >= 11 is 0. The molecule has 19 heavy (non-hydrogen) atoms. The number of hydrogen-bond acceptors (Lipinski definition) is 3. The standard InChI is InChI=1S/C16H21NO2/c1-16(2)10-9-15(19-16)12-18-14-7-5-13(6-8-14)4-3-11-17/h5-8,15H,9-12,17H2,1-2H3. The summed E-state index contributed by atoms with van der Waals surface area (Å²) in [6.07, 6.45) is 2.36. The van der Waals surface area contributed by atoms with Crippen molar-refractivity contribution in [3.05, 3.63) is 29.8 Å². The third kappa shape index (κ3) is 4.27. The minimum atomic E-state index is -0.00427. The molecule has 1 unspecified atom stereocenters. The molecule has 0 aliphatic carbocycles. The first kappa shape index (κ1) is 13.9. The molecule has 0 amide bonds. The van der Waals surface area contributed by atoms with Gasteiger partial charge in [-0.3, -0.25) is 0 Å². The predicted octanol–water partition coefficient (Wildman–Crippen LogP) is 2.33. The third-order valence-corrected chi connectivity index (χ3v) is 3.18. The zero-order chi connectivity index (χ0) is 13.7. The molecule has 2 N–H and O–H groups in total. The van der Waals surface area contributed by atoms with E-state index in [-0.39, 0.29) is 11.7 Å². The average molecular weight is 259 g/mol. The van der Waals surface area contributed by atoms with E-state index in [0.29, 0.717) is 13.2 Å². The molecule has 1 aliphatic heterocycles. The number of hydrogen-bond donors (Lipinski definition) is 1. The van der Waals surface area contributed by atoms with Gasteiger partial charge in [0.1, 0.15) is 12.4 Å². The van der Waals surface area contributed by atoms with E-state index < -0.39 is 0 Å². The molecule has 0 aromatic heterocycles. The van der Waals surface area contributed by atoms with Gasteiger partial charge in [-0.25, -0.2) is 0 Å². The molecule has 1 saturated heterocycles. The fraction of sp³-hybridized carbons (Fsp3) is 0.500. The fourth-order valence-electron chi connectivity index (χ4n) is 2.17. The molecule has 1 aliphatic rings. The first-order valence-corrected chi connectivity index (χ1v) is 6.69. The molecule has 0 radical (unpaired) electrons. The Labute approximate surface area is 115 Å². The lowest BCUT2D eigenvalue weighted by molar-refractivity contribution is -0.0326. The van der Waals surface area contributed by atoms with Gasteiger partial charge in [0, 0.05) is 5.56 Å². The third-order valence-electron chi connectivity index (χ3n) is 3.18. The number of rotatable bonds is 3. The second-order valence-electron chi connectivity index (χ2n) is 5.38. The Morgan fingerprint density at radius 2 is 2.11 bits per heavy atom. The quantitative estimate of drug-likeness (QED) is 0.847. The summed E-state index contributed by atoms with van der Waals surface area (Å²) < 4.78 is 11.6. The summed E-state index contributed by atoms with van der Waals surface area (Å²) in [4.78, 5) is 0. The van der Waals surface area contributed by atoms with Gasteiger partial charge < -0.3 is 15.2 Å². The van der Waals surface area contributed by atoms with Crippen LogP contribution in [-0.4, -0.2) is 24.9 Å². The summed E-state index contributed by atoms with van der Waals surface area (Å²) in [5.74, 6) is 6.66. The summed E-state index contributed by atoms with van der Waals surface area (Å²) in [5, 5.41) is 0. The maximum atomic E-state index is 5.89. The van der Waals surface area contributed by atoms with Gasteiger partial charge >= 0.3 is 0 Å². The Hall–Kier alpha value is -1.50. The van der Waals surface area contributed by atoms with E-state index in [1.807, 2.05) is 24.3 Å². The summed E-state index contributed by atoms with van der Waals surface area (Å²) in [7, 11) is 0. The van der Waals surface area contributed by atoms with Crippen molar-refractivity contribution in [2.75, 3.05) is 13.2 Å². The van der Waals surface area contributed by atoms with Crippen LogP contribution in [0.1, 0.15) is 32.3 Å². The van der Waals surface area contributed by atoms with Crippen molar-refractivity contribution >= 4 is 0 Å². The van der Waals surface area contributed by atoms with Crippen LogP contribution in [0.2, 0.25) is 0 Å². The number of nitrogens with two attached hydrogens (primary N) is 1. The fourth-order valence-corrected chi connectivity index (χ4v) is 2.17. The van der Waals surface area contributed by atoms with Crippen molar-refractivity contribution in [2.45, 2.75) is 38.4 Å². The molecule has 1 aromatic rings. The molecule has 1 fully saturated rings. The van der Waals surface area contributed by atoms with E-state index in [1.54, 1.807) is 0 Å². The van der Waals surface area contributed by atoms with Crippen LogP contribution in [0.5, 0.6) is 5.75 Å². The minimum absolute atomic E-state index is 0.00427. The van der Waals surface area contributed by atoms with Crippen molar-refractivity contribution < 1.29 is 9.47 Å². The van der Waals surface area contributed by atoms with Crippen LogP contribution < -0.4 is 10.5 Å². The van der Waals surface area contributed by atoms with Gasteiger partial charge in [-0.2, -0.15) is 0 Å². The summed E-state index contributed by atoms with van der Waals surface area (Å²) in [6.45, 7) is 5.24. The molecule has 1 aromatic carbocycles. The average Bonchev–Trinajstić information content (AvgIpc) is 2.75. The van der Waals surface area contributed by atoms with Crippen LogP contribution in [0.4, 0.5) is 0 Å². The molecule has 0 saturated carbocycles. The van der Waals surface area contributed by atoms with Gasteiger partial charge in [0.25, 0.3) is 0 Å². The Morgan fingerprint density at radius 1 is 1.37 bits per heavy atom. The van der Waals surface area contributed by atoms with E-state index in [1.165, 1.54) is 0 Å².